The maximum Gasteiger partial charge on any atom is 0.118 e. The number of fused-ring (bicyclic) bond motifs is 6. The molecule has 0 spiro atoms. The molecule has 156 valence electrons. The molecule has 7 rings (SSSR count). The largest absolute Gasteiger partial charge is 0.497 e. The maximum absolute atomic E-state index is 5.39. The second kappa shape index (κ2) is 6.70. The molecular formula is C32H22O. The minimum absolute atomic E-state index is 0.877. The third kappa shape index (κ3) is 2.54. The van der Waals surface area contributed by atoms with Gasteiger partial charge in [-0.3, -0.25) is 0 Å². The van der Waals surface area contributed by atoms with Gasteiger partial charge in [0.05, 0.1) is 7.11 Å². The van der Waals surface area contributed by atoms with Crippen LogP contribution >= 0.6 is 0 Å². The molecule has 0 unspecified atom stereocenters. The predicted molar refractivity (Wildman–Crippen MR) is 142 cm³/mol. The van der Waals surface area contributed by atoms with Gasteiger partial charge < -0.3 is 4.74 Å². The van der Waals surface area contributed by atoms with Crippen molar-refractivity contribution in [1.29, 1.82) is 0 Å². The van der Waals surface area contributed by atoms with Gasteiger partial charge in [-0.25, -0.2) is 0 Å². The standard InChI is InChI=1S/C32H22O/c1-19-15-27-23-7-3-5-9-25(23)29-17-21(20-11-13-22(33-2)14-12-20)18-30-26-10-6-4-8-24(26)28(16-19)31(27)32(29)30/h3-18H,1-2H3. The zero-order valence-corrected chi connectivity index (χ0v) is 18.6. The third-order valence-corrected chi connectivity index (χ3v) is 7.11. The Morgan fingerprint density at radius 3 is 1.30 bits per heavy atom. The summed E-state index contributed by atoms with van der Waals surface area (Å²) in [7, 11) is 1.71. The molecule has 0 heterocycles. The Bertz CT molecular complexity index is 1740. The van der Waals surface area contributed by atoms with Crippen molar-refractivity contribution in [2.75, 3.05) is 7.11 Å². The first-order chi connectivity index (χ1) is 16.2. The molecule has 0 aliphatic rings. The Morgan fingerprint density at radius 2 is 0.879 bits per heavy atom. The number of methoxy groups -OCH3 is 1. The van der Waals surface area contributed by atoms with E-state index in [0.717, 1.165) is 5.75 Å². The zero-order chi connectivity index (χ0) is 22.1. The first-order valence-corrected chi connectivity index (χ1v) is 11.4. The van der Waals surface area contributed by atoms with E-state index in [1.807, 2.05) is 12.1 Å². The lowest BCUT2D eigenvalue weighted by Gasteiger charge is -2.19. The van der Waals surface area contributed by atoms with Gasteiger partial charge in [0, 0.05) is 0 Å². The van der Waals surface area contributed by atoms with Crippen molar-refractivity contribution in [3.63, 3.8) is 0 Å². The van der Waals surface area contributed by atoms with Gasteiger partial charge in [-0.15, -0.1) is 0 Å². The summed E-state index contributed by atoms with van der Waals surface area (Å²) >= 11 is 0. The van der Waals surface area contributed by atoms with E-state index in [2.05, 4.69) is 91.9 Å². The molecule has 0 bridgehead atoms. The summed E-state index contributed by atoms with van der Waals surface area (Å²) in [6, 6.07) is 35.6. The van der Waals surface area contributed by atoms with Gasteiger partial charge >= 0.3 is 0 Å². The minimum atomic E-state index is 0.877. The van der Waals surface area contributed by atoms with Crippen molar-refractivity contribution in [2.45, 2.75) is 6.92 Å². The summed E-state index contributed by atoms with van der Waals surface area (Å²) < 4.78 is 5.39. The molecule has 0 aliphatic carbocycles. The van der Waals surface area contributed by atoms with Crippen molar-refractivity contribution < 1.29 is 4.74 Å². The summed E-state index contributed by atoms with van der Waals surface area (Å²) in [5.41, 5.74) is 3.73. The van der Waals surface area contributed by atoms with Crippen molar-refractivity contribution in [1.82, 2.24) is 0 Å². The molecule has 33 heavy (non-hydrogen) atoms. The second-order valence-corrected chi connectivity index (χ2v) is 9.00. The van der Waals surface area contributed by atoms with Crippen LogP contribution in [0.1, 0.15) is 5.56 Å². The highest BCUT2D eigenvalue weighted by Crippen LogP contribution is 2.46. The van der Waals surface area contributed by atoms with E-state index in [-0.39, 0.29) is 0 Å². The summed E-state index contributed by atoms with van der Waals surface area (Å²) in [6.07, 6.45) is 0. The van der Waals surface area contributed by atoms with E-state index in [0.29, 0.717) is 0 Å². The molecule has 0 radical (unpaired) electrons. The van der Waals surface area contributed by atoms with Crippen LogP contribution in [0, 0.1) is 6.92 Å². The van der Waals surface area contributed by atoms with E-state index < -0.39 is 0 Å². The molecule has 7 aromatic carbocycles. The van der Waals surface area contributed by atoms with Crippen LogP contribution in [-0.4, -0.2) is 7.11 Å². The van der Waals surface area contributed by atoms with Gasteiger partial charge in [-0.05, 0) is 102 Å². The summed E-state index contributed by atoms with van der Waals surface area (Å²) in [5, 5.41) is 13.4. The molecule has 0 aliphatic heterocycles. The van der Waals surface area contributed by atoms with Crippen LogP contribution in [0.15, 0.2) is 97.1 Å². The average Bonchev–Trinajstić information content (AvgIpc) is 2.87. The minimum Gasteiger partial charge on any atom is -0.497 e. The summed E-state index contributed by atoms with van der Waals surface area (Å²) in [5.74, 6) is 0.877. The topological polar surface area (TPSA) is 9.23 Å². The van der Waals surface area contributed by atoms with E-state index in [1.54, 1.807) is 7.11 Å². The fourth-order valence-electron chi connectivity index (χ4n) is 5.67. The van der Waals surface area contributed by atoms with Crippen LogP contribution in [0.3, 0.4) is 0 Å². The van der Waals surface area contributed by atoms with Crippen molar-refractivity contribution >= 4 is 53.9 Å². The fraction of sp³-hybridized carbons (Fsp3) is 0.0625. The lowest BCUT2D eigenvalue weighted by molar-refractivity contribution is 0.415. The van der Waals surface area contributed by atoms with Crippen LogP contribution in [0.5, 0.6) is 5.75 Å². The van der Waals surface area contributed by atoms with Crippen LogP contribution < -0.4 is 4.74 Å². The molecule has 1 heteroatoms. The monoisotopic (exact) mass is 422 g/mol. The van der Waals surface area contributed by atoms with Crippen molar-refractivity contribution in [3.8, 4) is 16.9 Å². The van der Waals surface area contributed by atoms with Gasteiger partial charge in [-0.1, -0.05) is 72.8 Å². The maximum atomic E-state index is 5.39. The molecule has 1 nitrogen and oxygen atoms in total. The first kappa shape index (κ1) is 18.5. The summed E-state index contributed by atoms with van der Waals surface area (Å²) in [6.45, 7) is 2.21. The second-order valence-electron chi connectivity index (χ2n) is 9.00. The average molecular weight is 423 g/mol. The molecule has 0 amide bonds. The highest BCUT2D eigenvalue weighted by molar-refractivity contribution is 6.40. The van der Waals surface area contributed by atoms with Gasteiger partial charge in [0.25, 0.3) is 0 Å². The Balaban J connectivity index is 1.77. The van der Waals surface area contributed by atoms with E-state index in [9.17, 15) is 0 Å². The molecule has 0 N–H and O–H groups in total. The molecule has 0 atom stereocenters. The Morgan fingerprint density at radius 1 is 0.455 bits per heavy atom. The van der Waals surface area contributed by atoms with Crippen LogP contribution in [0.4, 0.5) is 0 Å². The number of benzene rings is 7. The quantitative estimate of drug-likeness (QED) is 0.200. The van der Waals surface area contributed by atoms with Crippen LogP contribution in [0.25, 0.3) is 65.0 Å². The molecule has 7 aromatic rings. The van der Waals surface area contributed by atoms with E-state index in [1.165, 1.54) is 70.6 Å². The van der Waals surface area contributed by atoms with Crippen molar-refractivity contribution in [3.05, 3.63) is 103 Å². The van der Waals surface area contributed by atoms with Crippen LogP contribution in [-0.2, 0) is 0 Å². The Kier molecular flexibility index (Phi) is 3.75. The molecule has 0 aromatic heterocycles. The lowest BCUT2D eigenvalue weighted by atomic mass is 9.84. The number of hydrogen-bond donors (Lipinski definition) is 0. The number of rotatable bonds is 2. The normalized spacial score (nSPS) is 11.9. The Labute approximate surface area is 192 Å². The zero-order valence-electron chi connectivity index (χ0n) is 18.6. The van der Waals surface area contributed by atoms with E-state index in [4.69, 9.17) is 4.74 Å². The van der Waals surface area contributed by atoms with Crippen molar-refractivity contribution in [2.24, 2.45) is 0 Å². The van der Waals surface area contributed by atoms with Gasteiger partial charge in [0.2, 0.25) is 0 Å². The number of aryl methyl sites for hydroxylation is 1. The number of ether oxygens (including phenoxy) is 1. The molecule has 0 fully saturated rings. The smallest absolute Gasteiger partial charge is 0.118 e. The third-order valence-electron chi connectivity index (χ3n) is 7.11. The molecule has 0 saturated heterocycles. The summed E-state index contributed by atoms with van der Waals surface area (Å²) in [4.78, 5) is 0. The fourth-order valence-corrected chi connectivity index (χ4v) is 5.67. The SMILES string of the molecule is COc1ccc(-c2cc3c4ccccc4c4cc(C)cc5c6ccccc6c(c2)c3c45)cc1. The molecule has 0 saturated carbocycles. The van der Waals surface area contributed by atoms with Gasteiger partial charge in [0.15, 0.2) is 0 Å². The number of hydrogen-bond acceptors (Lipinski definition) is 1. The first-order valence-electron chi connectivity index (χ1n) is 11.4. The van der Waals surface area contributed by atoms with E-state index >= 15 is 0 Å². The highest BCUT2D eigenvalue weighted by atomic mass is 16.5. The highest BCUT2D eigenvalue weighted by Gasteiger charge is 2.18. The van der Waals surface area contributed by atoms with Gasteiger partial charge in [-0.2, -0.15) is 0 Å². The predicted octanol–water partition coefficient (Wildman–Crippen LogP) is 8.87. The van der Waals surface area contributed by atoms with Crippen LogP contribution in [0.2, 0.25) is 0 Å². The lowest BCUT2D eigenvalue weighted by Crippen LogP contribution is -1.92. The van der Waals surface area contributed by atoms with Gasteiger partial charge in [0.1, 0.15) is 5.75 Å². The molecular weight excluding hydrogens is 400 g/mol. The Hall–Kier alpha value is -4.10.